The fourth-order valence-corrected chi connectivity index (χ4v) is 1.80. The summed E-state index contributed by atoms with van der Waals surface area (Å²) in [5.41, 5.74) is 3.95. The van der Waals surface area contributed by atoms with Crippen molar-refractivity contribution in [1.29, 1.82) is 0 Å². The van der Waals surface area contributed by atoms with E-state index in [0.29, 0.717) is 0 Å². The molecule has 1 fully saturated rings. The van der Waals surface area contributed by atoms with E-state index in [1.165, 1.54) is 25.9 Å². The highest BCUT2D eigenvalue weighted by Crippen LogP contribution is 1.96. The molecule has 0 aromatic rings. The molecular weight excluding hydrogens is 112 g/mol. The molecule has 0 aromatic carbocycles. The van der Waals surface area contributed by atoms with E-state index in [9.17, 15) is 0 Å². The van der Waals surface area contributed by atoms with Crippen molar-refractivity contribution < 1.29 is 10.6 Å². The molecule has 0 aliphatic carbocycles. The van der Waals surface area contributed by atoms with Gasteiger partial charge in [0.15, 0.2) is 0 Å². The molecule has 0 spiro atoms. The molecule has 2 atom stereocenters. The van der Waals surface area contributed by atoms with Gasteiger partial charge in [-0.2, -0.15) is 0 Å². The van der Waals surface area contributed by atoms with Gasteiger partial charge in [0, 0.05) is 12.8 Å². The minimum atomic E-state index is 0.884. The van der Waals surface area contributed by atoms with Gasteiger partial charge < -0.3 is 10.6 Å². The molecule has 0 bridgehead atoms. The molecule has 0 amide bonds. The van der Waals surface area contributed by atoms with E-state index in [4.69, 9.17) is 0 Å². The van der Waals surface area contributed by atoms with Crippen LogP contribution in [0.1, 0.15) is 19.8 Å². The Hall–Kier alpha value is -0.0800. The zero-order valence-corrected chi connectivity index (χ0v) is 6.32. The predicted molar refractivity (Wildman–Crippen MR) is 37.1 cm³/mol. The normalized spacial score (nSPS) is 35.3. The Morgan fingerprint density at radius 2 is 2.44 bits per heavy atom. The highest BCUT2D eigenvalue weighted by molar-refractivity contribution is 4.58. The summed E-state index contributed by atoms with van der Waals surface area (Å²) in [6.07, 6.45) is 2.83. The Bertz CT molecular complexity index is 73.0. The van der Waals surface area contributed by atoms with Crippen LogP contribution in [0, 0.1) is 0 Å². The molecule has 54 valence electrons. The lowest BCUT2D eigenvalue weighted by Crippen LogP contribution is -3.15. The Kier molecular flexibility index (Phi) is 2.49. The van der Waals surface area contributed by atoms with Crippen molar-refractivity contribution in [3.05, 3.63) is 0 Å². The van der Waals surface area contributed by atoms with E-state index in [2.05, 4.69) is 12.7 Å². The number of nitrogens with one attached hydrogen (secondary N) is 1. The van der Waals surface area contributed by atoms with Crippen molar-refractivity contribution in [2.24, 2.45) is 0 Å². The maximum absolute atomic E-state index is 3.95. The van der Waals surface area contributed by atoms with Crippen molar-refractivity contribution in [2.45, 2.75) is 25.8 Å². The Morgan fingerprint density at radius 3 is 2.89 bits per heavy atom. The van der Waals surface area contributed by atoms with Crippen molar-refractivity contribution >= 4 is 0 Å². The largest absolute Gasteiger partial charge is 0.353 e. The number of quaternary nitrogens is 2. The minimum absolute atomic E-state index is 0.884. The number of hydrogen-bond acceptors (Lipinski definition) is 0. The van der Waals surface area contributed by atoms with E-state index in [1.807, 2.05) is 0 Å². The number of hydrogen-bond donors (Lipinski definition) is 2. The van der Waals surface area contributed by atoms with Crippen LogP contribution in [-0.4, -0.2) is 25.7 Å². The lowest BCUT2D eigenvalue weighted by atomic mass is 10.2. The molecule has 4 N–H and O–H groups in total. The van der Waals surface area contributed by atoms with E-state index in [1.54, 1.807) is 4.90 Å². The summed E-state index contributed by atoms with van der Waals surface area (Å²) in [6.45, 7) is 6.07. The molecular formula is C7H18N2+2. The first-order valence-corrected chi connectivity index (χ1v) is 4.02. The molecule has 1 rings (SSSR count). The highest BCUT2D eigenvalue weighted by atomic mass is 15.2. The van der Waals surface area contributed by atoms with Crippen LogP contribution in [0.5, 0.6) is 0 Å². The maximum Gasteiger partial charge on any atom is 0.137 e. The third-order valence-corrected chi connectivity index (χ3v) is 2.43. The van der Waals surface area contributed by atoms with E-state index < -0.39 is 0 Å². The van der Waals surface area contributed by atoms with Crippen LogP contribution in [0.2, 0.25) is 0 Å². The third kappa shape index (κ3) is 1.43. The van der Waals surface area contributed by atoms with Crippen LogP contribution in [0.3, 0.4) is 0 Å². The summed E-state index contributed by atoms with van der Waals surface area (Å²) in [6, 6.07) is 0.884. The van der Waals surface area contributed by atoms with Crippen LogP contribution in [-0.2, 0) is 0 Å². The molecule has 1 aliphatic heterocycles. The fourth-order valence-electron chi connectivity index (χ4n) is 1.80. The Labute approximate surface area is 57.0 Å². The van der Waals surface area contributed by atoms with Crippen molar-refractivity contribution in [1.82, 2.24) is 0 Å². The quantitative estimate of drug-likeness (QED) is 0.446. The van der Waals surface area contributed by atoms with Crippen LogP contribution < -0.4 is 10.6 Å². The summed E-state index contributed by atoms with van der Waals surface area (Å²) in [7, 11) is 0. The third-order valence-electron chi connectivity index (χ3n) is 2.43. The van der Waals surface area contributed by atoms with Gasteiger partial charge in [-0.25, -0.2) is 0 Å². The van der Waals surface area contributed by atoms with Gasteiger partial charge in [0.25, 0.3) is 0 Å². The summed E-state index contributed by atoms with van der Waals surface area (Å²) < 4.78 is 0. The van der Waals surface area contributed by atoms with Gasteiger partial charge in [-0.15, -0.1) is 0 Å². The second kappa shape index (κ2) is 3.18. The molecule has 1 aliphatic rings. The van der Waals surface area contributed by atoms with Crippen LogP contribution >= 0.6 is 0 Å². The Balaban J connectivity index is 2.32. The zero-order valence-electron chi connectivity index (χ0n) is 6.32. The van der Waals surface area contributed by atoms with Gasteiger partial charge in [-0.05, 0) is 6.92 Å². The lowest BCUT2D eigenvalue weighted by molar-refractivity contribution is -0.916. The smallest absolute Gasteiger partial charge is 0.137 e. The summed E-state index contributed by atoms with van der Waals surface area (Å²) in [4.78, 5) is 1.77. The van der Waals surface area contributed by atoms with Gasteiger partial charge in [-0.1, -0.05) is 0 Å². The van der Waals surface area contributed by atoms with Crippen LogP contribution in [0.25, 0.3) is 0 Å². The molecule has 1 heterocycles. The second-order valence-corrected chi connectivity index (χ2v) is 2.89. The molecule has 2 heteroatoms. The maximum atomic E-state index is 3.95. The molecule has 0 saturated carbocycles. The lowest BCUT2D eigenvalue weighted by Gasteiger charge is -2.15. The highest BCUT2D eigenvalue weighted by Gasteiger charge is 2.26. The number of likely N-dealkylation sites (N-methyl/N-ethyl adjacent to an activating group) is 1. The van der Waals surface area contributed by atoms with Crippen molar-refractivity contribution in [2.75, 3.05) is 19.6 Å². The van der Waals surface area contributed by atoms with Gasteiger partial charge >= 0.3 is 0 Å². The van der Waals surface area contributed by atoms with E-state index >= 15 is 0 Å². The van der Waals surface area contributed by atoms with Crippen LogP contribution in [0.4, 0.5) is 0 Å². The number of likely N-dealkylation sites (tertiary alicyclic amines) is 1. The summed E-state index contributed by atoms with van der Waals surface area (Å²) in [5.74, 6) is 0. The monoisotopic (exact) mass is 130 g/mol. The first-order valence-electron chi connectivity index (χ1n) is 4.02. The average molecular weight is 130 g/mol. The van der Waals surface area contributed by atoms with E-state index in [0.717, 1.165) is 12.6 Å². The van der Waals surface area contributed by atoms with Crippen molar-refractivity contribution in [3.8, 4) is 0 Å². The SMILES string of the molecule is CC[NH+]1CCC[C@@H]1C[NH3+]. The first-order chi connectivity index (χ1) is 4.38. The predicted octanol–water partition coefficient (Wildman–Crippen LogP) is -1.70. The standard InChI is InChI=1S/C7H16N2/c1-2-9-5-3-4-7(9)6-8/h7H,2-6,8H2,1H3/p+2/t7-/m1/s1. The topological polar surface area (TPSA) is 32.1 Å². The summed E-state index contributed by atoms with van der Waals surface area (Å²) in [5, 5.41) is 0. The van der Waals surface area contributed by atoms with Gasteiger partial charge in [0.05, 0.1) is 13.1 Å². The summed E-state index contributed by atoms with van der Waals surface area (Å²) >= 11 is 0. The molecule has 9 heavy (non-hydrogen) atoms. The number of rotatable bonds is 2. The first kappa shape index (κ1) is 7.03. The second-order valence-electron chi connectivity index (χ2n) is 2.89. The zero-order chi connectivity index (χ0) is 6.69. The van der Waals surface area contributed by atoms with Crippen LogP contribution in [0.15, 0.2) is 0 Å². The molecule has 0 aromatic heterocycles. The molecule has 2 nitrogen and oxygen atoms in total. The Morgan fingerprint density at radius 1 is 1.67 bits per heavy atom. The molecule has 1 unspecified atom stereocenters. The van der Waals surface area contributed by atoms with E-state index in [-0.39, 0.29) is 0 Å². The molecule has 1 saturated heterocycles. The van der Waals surface area contributed by atoms with Crippen molar-refractivity contribution in [3.63, 3.8) is 0 Å². The van der Waals surface area contributed by atoms with Gasteiger partial charge in [0.2, 0.25) is 0 Å². The average Bonchev–Trinajstić information content (AvgIpc) is 2.33. The van der Waals surface area contributed by atoms with Gasteiger partial charge in [-0.3, -0.25) is 0 Å². The molecule has 0 radical (unpaired) electrons. The minimum Gasteiger partial charge on any atom is -0.353 e. The fraction of sp³-hybridized carbons (Fsp3) is 1.00. The van der Waals surface area contributed by atoms with Gasteiger partial charge in [0.1, 0.15) is 12.6 Å².